The van der Waals surface area contributed by atoms with Crippen LogP contribution in [0.2, 0.25) is 0 Å². The number of phenols is 1. The Morgan fingerprint density at radius 3 is 2.40 bits per heavy atom. The fourth-order valence-corrected chi connectivity index (χ4v) is 8.59. The number of benzene rings is 2. The standard InChI is InChI=1S/C30H26BrCl2FN2O6/c1-3-10-35-25(38)18-9-8-17-19(22(18)26(35)39)13-29(32)27(40)36(16-6-4-15(34)5-7-16)28(41)30(29,33)23(17)14-11-20(31)24(37)21(12-14)42-2/h4-8,11-12,18-19,22-23,37H,3,9-10,13H2,1-2H3/t18-,19+,22-,23-,29+,30-/m0/s1. The number of alkyl halides is 2. The molecule has 42 heavy (non-hydrogen) atoms. The van der Waals surface area contributed by atoms with E-state index in [1.165, 1.54) is 30.2 Å². The van der Waals surface area contributed by atoms with Crippen molar-refractivity contribution in [1.29, 1.82) is 0 Å². The zero-order chi connectivity index (χ0) is 30.3. The van der Waals surface area contributed by atoms with Crippen molar-refractivity contribution in [2.24, 2.45) is 17.8 Å². The number of hydrogen-bond acceptors (Lipinski definition) is 6. The predicted octanol–water partition coefficient (Wildman–Crippen LogP) is 5.28. The van der Waals surface area contributed by atoms with E-state index in [0.29, 0.717) is 17.6 Å². The first-order chi connectivity index (χ1) is 19.9. The summed E-state index contributed by atoms with van der Waals surface area (Å²) in [5.74, 6) is -5.98. The Balaban J connectivity index is 1.58. The fraction of sp³-hybridized carbons (Fsp3) is 0.400. The van der Waals surface area contributed by atoms with E-state index in [1.807, 2.05) is 13.0 Å². The molecule has 0 bridgehead atoms. The molecule has 1 saturated carbocycles. The normalized spacial score (nSPS) is 32.1. The highest BCUT2D eigenvalue weighted by Gasteiger charge is 2.76. The molecule has 2 aliphatic carbocycles. The Hall–Kier alpha value is -2.95. The molecule has 1 N–H and O–H groups in total. The van der Waals surface area contributed by atoms with Gasteiger partial charge in [0.25, 0.3) is 11.8 Å². The number of methoxy groups -OCH3 is 1. The SMILES string of the molecule is CCCN1C(=O)[C@H]2[C@H](CC=C3[C@H]2C[C@@]2(Cl)C(=O)N(c4ccc(F)cc4)C(=O)[C@@]2(Cl)[C@H]3c2cc(Br)c(O)c(OC)c2)C1=O. The number of ether oxygens (including phenoxy) is 1. The highest BCUT2D eigenvalue weighted by Crippen LogP contribution is 2.66. The lowest BCUT2D eigenvalue weighted by Gasteiger charge is -2.50. The van der Waals surface area contributed by atoms with E-state index in [0.717, 1.165) is 17.0 Å². The van der Waals surface area contributed by atoms with E-state index in [2.05, 4.69) is 15.9 Å². The summed E-state index contributed by atoms with van der Waals surface area (Å²) in [6, 6.07) is 7.92. The van der Waals surface area contributed by atoms with Crippen molar-refractivity contribution in [1.82, 2.24) is 4.90 Å². The first-order valence-corrected chi connectivity index (χ1v) is 15.1. The molecule has 2 aromatic rings. The summed E-state index contributed by atoms with van der Waals surface area (Å²) in [5.41, 5.74) is 1.12. The minimum atomic E-state index is -2.08. The van der Waals surface area contributed by atoms with E-state index >= 15 is 0 Å². The summed E-state index contributed by atoms with van der Waals surface area (Å²) in [7, 11) is 1.37. The topological polar surface area (TPSA) is 104 Å². The third kappa shape index (κ3) is 3.77. The summed E-state index contributed by atoms with van der Waals surface area (Å²) in [6.45, 7) is 2.15. The Morgan fingerprint density at radius 1 is 1.07 bits per heavy atom. The van der Waals surface area contributed by atoms with Gasteiger partial charge in [-0.3, -0.25) is 24.1 Å². The summed E-state index contributed by atoms with van der Waals surface area (Å²) in [4.78, 5) is 53.6. The number of imide groups is 2. The molecular weight excluding hydrogens is 654 g/mol. The van der Waals surface area contributed by atoms with Crippen molar-refractivity contribution in [2.45, 2.75) is 41.9 Å². The molecule has 4 aliphatic rings. The van der Waals surface area contributed by atoms with Gasteiger partial charge in [0.2, 0.25) is 11.8 Å². The number of nitrogens with zero attached hydrogens (tertiary/aromatic N) is 2. The molecule has 2 aromatic carbocycles. The summed E-state index contributed by atoms with van der Waals surface area (Å²) in [5, 5.41) is 10.5. The highest BCUT2D eigenvalue weighted by atomic mass is 79.9. The zero-order valence-electron chi connectivity index (χ0n) is 22.6. The fourth-order valence-electron chi connectivity index (χ4n) is 7.20. The molecule has 0 unspecified atom stereocenters. The molecule has 6 atom stereocenters. The number of hydrogen-bond donors (Lipinski definition) is 1. The Kier molecular flexibility index (Phi) is 6.98. The van der Waals surface area contributed by atoms with Crippen LogP contribution < -0.4 is 9.64 Å². The van der Waals surface area contributed by atoms with Gasteiger partial charge in [-0.05, 0) is 83.1 Å². The minimum absolute atomic E-state index is 0.0876. The van der Waals surface area contributed by atoms with Gasteiger partial charge in [-0.15, -0.1) is 23.2 Å². The van der Waals surface area contributed by atoms with Gasteiger partial charge in [0.1, 0.15) is 5.82 Å². The third-order valence-corrected chi connectivity index (χ3v) is 11.1. The van der Waals surface area contributed by atoms with Gasteiger partial charge < -0.3 is 9.84 Å². The number of anilines is 1. The van der Waals surface area contributed by atoms with Crippen LogP contribution in [0.25, 0.3) is 0 Å². The molecule has 8 nitrogen and oxygen atoms in total. The van der Waals surface area contributed by atoms with Crippen LogP contribution >= 0.6 is 39.1 Å². The Bertz CT molecular complexity index is 1580. The molecule has 12 heteroatoms. The van der Waals surface area contributed by atoms with Crippen LogP contribution in [-0.4, -0.2) is 57.0 Å². The molecular formula is C30H26BrCl2FN2O6. The number of carbonyl (C=O) groups excluding carboxylic acids is 4. The van der Waals surface area contributed by atoms with E-state index in [4.69, 9.17) is 27.9 Å². The van der Waals surface area contributed by atoms with Gasteiger partial charge in [0.15, 0.2) is 21.2 Å². The van der Waals surface area contributed by atoms with E-state index in [1.54, 1.807) is 6.07 Å². The molecule has 3 fully saturated rings. The quantitative estimate of drug-likeness (QED) is 0.262. The van der Waals surface area contributed by atoms with Crippen molar-refractivity contribution in [3.8, 4) is 11.5 Å². The smallest absolute Gasteiger partial charge is 0.258 e. The molecule has 0 radical (unpaired) electrons. The van der Waals surface area contributed by atoms with Crippen LogP contribution in [0.15, 0.2) is 52.5 Å². The van der Waals surface area contributed by atoms with Gasteiger partial charge in [-0.2, -0.15) is 0 Å². The third-order valence-electron chi connectivity index (χ3n) is 9.04. The number of carbonyl (C=O) groups is 4. The number of rotatable bonds is 5. The van der Waals surface area contributed by atoms with Crippen molar-refractivity contribution in [3.05, 3.63) is 63.9 Å². The maximum absolute atomic E-state index is 14.4. The van der Waals surface area contributed by atoms with Gasteiger partial charge >= 0.3 is 0 Å². The van der Waals surface area contributed by atoms with Gasteiger partial charge in [0.05, 0.1) is 29.1 Å². The van der Waals surface area contributed by atoms with Crippen LogP contribution in [0.4, 0.5) is 10.1 Å². The summed E-state index contributed by atoms with van der Waals surface area (Å²) < 4.78 is 19.4. The number of amides is 4. The number of halogens is 4. The lowest BCUT2D eigenvalue weighted by atomic mass is 9.56. The minimum Gasteiger partial charge on any atom is -0.503 e. The maximum atomic E-state index is 14.4. The molecule has 2 aliphatic heterocycles. The maximum Gasteiger partial charge on any atom is 0.258 e. The number of fused-ring (bicyclic) bond motifs is 4. The van der Waals surface area contributed by atoms with Gasteiger partial charge in [0, 0.05) is 12.5 Å². The van der Waals surface area contributed by atoms with Crippen LogP contribution in [0.3, 0.4) is 0 Å². The molecule has 0 spiro atoms. The van der Waals surface area contributed by atoms with Crippen LogP contribution in [0, 0.1) is 23.6 Å². The van der Waals surface area contributed by atoms with E-state index in [-0.39, 0.29) is 52.9 Å². The monoisotopic (exact) mass is 678 g/mol. The molecule has 2 heterocycles. The zero-order valence-corrected chi connectivity index (χ0v) is 25.7. The largest absolute Gasteiger partial charge is 0.503 e. The summed E-state index contributed by atoms with van der Waals surface area (Å²) in [6.07, 6.45) is 2.51. The van der Waals surface area contributed by atoms with Crippen molar-refractivity contribution in [2.75, 3.05) is 18.6 Å². The van der Waals surface area contributed by atoms with Crippen molar-refractivity contribution in [3.63, 3.8) is 0 Å². The van der Waals surface area contributed by atoms with Crippen LogP contribution in [0.5, 0.6) is 11.5 Å². The first-order valence-electron chi connectivity index (χ1n) is 13.5. The van der Waals surface area contributed by atoms with E-state index in [9.17, 15) is 28.7 Å². The molecule has 6 rings (SSSR count). The van der Waals surface area contributed by atoms with Crippen molar-refractivity contribution >= 4 is 68.4 Å². The Labute approximate surface area is 259 Å². The predicted molar refractivity (Wildman–Crippen MR) is 156 cm³/mol. The van der Waals surface area contributed by atoms with E-state index < -0.39 is 51.1 Å². The highest BCUT2D eigenvalue weighted by molar-refractivity contribution is 9.10. The number of phenolic OH excluding ortho intramolecular Hbond substituents is 1. The first kappa shape index (κ1) is 29.1. The number of likely N-dealkylation sites (tertiary alicyclic amines) is 1. The average molecular weight is 680 g/mol. The average Bonchev–Trinajstić information content (AvgIpc) is 3.29. The van der Waals surface area contributed by atoms with Gasteiger partial charge in [-0.25, -0.2) is 9.29 Å². The lowest BCUT2D eigenvalue weighted by Crippen LogP contribution is -2.60. The van der Waals surface area contributed by atoms with Crippen LogP contribution in [-0.2, 0) is 19.2 Å². The van der Waals surface area contributed by atoms with Crippen molar-refractivity contribution < 1.29 is 33.4 Å². The Morgan fingerprint density at radius 2 is 1.76 bits per heavy atom. The molecule has 4 amide bonds. The second kappa shape index (κ2) is 10.1. The molecule has 2 saturated heterocycles. The molecule has 220 valence electrons. The van der Waals surface area contributed by atoms with Gasteiger partial charge in [-0.1, -0.05) is 18.6 Å². The second-order valence-corrected chi connectivity index (χ2v) is 13.2. The second-order valence-electron chi connectivity index (χ2n) is 11.1. The van der Waals surface area contributed by atoms with Crippen LogP contribution in [0.1, 0.15) is 37.7 Å². The summed E-state index contributed by atoms with van der Waals surface area (Å²) >= 11 is 18.0. The number of aromatic hydroxyl groups is 1. The number of allylic oxidation sites excluding steroid dienone is 2. The lowest BCUT2D eigenvalue weighted by molar-refractivity contribution is -0.140. The molecule has 0 aromatic heterocycles.